The Morgan fingerprint density at radius 1 is 1.28 bits per heavy atom. The first-order chi connectivity index (χ1) is 15.2. The van der Waals surface area contributed by atoms with Gasteiger partial charge in [-0.1, -0.05) is 0 Å². The number of aromatic nitrogens is 2. The van der Waals surface area contributed by atoms with E-state index in [0.29, 0.717) is 51.4 Å². The van der Waals surface area contributed by atoms with Crippen LogP contribution < -0.4 is 10.2 Å². The standard InChI is InChI=1S/C22H26F3N5O2/c1-15-18(16(2)30(28-15)9-3-8-26)5-7-21(31)27-20-6-4-17(14-19(20)22(23,24)25)29-10-12-32-13-11-29/h4,6,14H,3,5,7,9-13H2,1-2H3,(H,27,31). The highest BCUT2D eigenvalue weighted by molar-refractivity contribution is 5.92. The third-order valence-corrected chi connectivity index (χ3v) is 5.53. The molecule has 1 saturated heterocycles. The monoisotopic (exact) mass is 449 g/mol. The SMILES string of the molecule is Cc1nn(CCC#N)c(C)c1CCC(=O)Nc1ccc(N2CCOCC2)cc1C(F)(F)F. The first kappa shape index (κ1) is 23.6. The Balaban J connectivity index is 1.71. The van der Waals surface area contributed by atoms with E-state index in [4.69, 9.17) is 10.00 Å². The van der Waals surface area contributed by atoms with Crippen LogP contribution in [0.1, 0.15) is 35.4 Å². The number of nitrogens with one attached hydrogen (secondary N) is 1. The maximum Gasteiger partial charge on any atom is 0.418 e. The van der Waals surface area contributed by atoms with E-state index in [-0.39, 0.29) is 12.1 Å². The highest BCUT2D eigenvalue weighted by atomic mass is 19.4. The van der Waals surface area contributed by atoms with E-state index >= 15 is 0 Å². The largest absolute Gasteiger partial charge is 0.418 e. The number of hydrogen-bond acceptors (Lipinski definition) is 5. The number of morpholine rings is 1. The highest BCUT2D eigenvalue weighted by Crippen LogP contribution is 2.37. The number of nitrogens with zero attached hydrogens (tertiary/aromatic N) is 4. The molecule has 2 aromatic rings. The molecule has 7 nitrogen and oxygen atoms in total. The van der Waals surface area contributed by atoms with E-state index in [1.807, 2.05) is 18.7 Å². The number of amides is 1. The molecule has 1 aliphatic rings. The van der Waals surface area contributed by atoms with Crippen LogP contribution in [-0.2, 0) is 28.7 Å². The van der Waals surface area contributed by atoms with Crippen molar-refractivity contribution in [1.29, 1.82) is 5.26 Å². The van der Waals surface area contributed by atoms with Gasteiger partial charge in [-0.05, 0) is 44.0 Å². The Labute approximate surface area is 184 Å². The van der Waals surface area contributed by atoms with Crippen LogP contribution >= 0.6 is 0 Å². The highest BCUT2D eigenvalue weighted by Gasteiger charge is 2.35. The molecule has 1 amide bonds. The van der Waals surface area contributed by atoms with Crippen LogP contribution in [0.2, 0.25) is 0 Å². The molecule has 1 aromatic heterocycles. The first-order valence-corrected chi connectivity index (χ1v) is 10.4. The number of alkyl halides is 3. The molecule has 0 saturated carbocycles. The molecule has 1 aliphatic heterocycles. The molecule has 1 fully saturated rings. The maximum atomic E-state index is 13.7. The van der Waals surface area contributed by atoms with Gasteiger partial charge in [-0.25, -0.2) is 0 Å². The van der Waals surface area contributed by atoms with Crippen molar-refractivity contribution in [2.24, 2.45) is 0 Å². The Morgan fingerprint density at radius 2 is 2.00 bits per heavy atom. The van der Waals surface area contributed by atoms with Crippen LogP contribution in [0.5, 0.6) is 0 Å². The van der Waals surface area contributed by atoms with Gasteiger partial charge in [0.1, 0.15) is 0 Å². The molecule has 0 bridgehead atoms. The summed E-state index contributed by atoms with van der Waals surface area (Å²) in [7, 11) is 0. The van der Waals surface area contributed by atoms with Crippen LogP contribution in [0.4, 0.5) is 24.5 Å². The molecule has 32 heavy (non-hydrogen) atoms. The van der Waals surface area contributed by atoms with Crippen LogP contribution in [0.3, 0.4) is 0 Å². The fourth-order valence-electron chi connectivity index (χ4n) is 3.81. The summed E-state index contributed by atoms with van der Waals surface area (Å²) >= 11 is 0. The van der Waals surface area contributed by atoms with Gasteiger partial charge in [-0.15, -0.1) is 0 Å². The van der Waals surface area contributed by atoms with Gasteiger partial charge in [0.25, 0.3) is 0 Å². The molecular formula is C22H26F3N5O2. The quantitative estimate of drug-likeness (QED) is 0.695. The van der Waals surface area contributed by atoms with Crippen molar-refractivity contribution >= 4 is 17.3 Å². The average molecular weight is 449 g/mol. The van der Waals surface area contributed by atoms with Gasteiger partial charge in [0.2, 0.25) is 5.91 Å². The average Bonchev–Trinajstić information content (AvgIpc) is 3.03. The van der Waals surface area contributed by atoms with E-state index in [0.717, 1.165) is 23.0 Å². The number of benzene rings is 1. The topological polar surface area (TPSA) is 83.2 Å². The zero-order chi connectivity index (χ0) is 23.3. The van der Waals surface area contributed by atoms with Gasteiger partial charge >= 0.3 is 6.18 Å². The van der Waals surface area contributed by atoms with Crippen molar-refractivity contribution in [1.82, 2.24) is 9.78 Å². The second-order valence-electron chi connectivity index (χ2n) is 7.66. The van der Waals surface area contributed by atoms with Crippen molar-refractivity contribution in [2.75, 3.05) is 36.5 Å². The fourth-order valence-corrected chi connectivity index (χ4v) is 3.81. The summed E-state index contributed by atoms with van der Waals surface area (Å²) in [6.45, 7) is 6.09. The summed E-state index contributed by atoms with van der Waals surface area (Å²) in [5.74, 6) is -0.502. The zero-order valence-electron chi connectivity index (χ0n) is 18.1. The van der Waals surface area contributed by atoms with E-state index in [1.165, 1.54) is 6.07 Å². The lowest BCUT2D eigenvalue weighted by molar-refractivity contribution is -0.136. The number of anilines is 2. The molecule has 0 spiro atoms. The molecule has 0 unspecified atom stereocenters. The summed E-state index contributed by atoms with van der Waals surface area (Å²) in [5.41, 5.74) is 1.81. The number of hydrogen-bond donors (Lipinski definition) is 1. The smallest absolute Gasteiger partial charge is 0.378 e. The minimum atomic E-state index is -4.60. The van der Waals surface area contributed by atoms with Crippen molar-refractivity contribution in [2.45, 2.75) is 45.8 Å². The normalized spacial score (nSPS) is 14.3. The van der Waals surface area contributed by atoms with Crippen LogP contribution in [0, 0.1) is 25.2 Å². The number of nitriles is 1. The molecule has 0 radical (unpaired) electrons. The fraction of sp³-hybridized carbons (Fsp3) is 0.500. The minimum absolute atomic E-state index is 0.0220. The lowest BCUT2D eigenvalue weighted by Crippen LogP contribution is -2.36. The Bertz CT molecular complexity index is 1000. The second kappa shape index (κ2) is 10.0. The predicted molar refractivity (Wildman–Crippen MR) is 113 cm³/mol. The lowest BCUT2D eigenvalue weighted by Gasteiger charge is -2.29. The molecule has 10 heteroatoms. The van der Waals surface area contributed by atoms with Crippen molar-refractivity contribution in [3.63, 3.8) is 0 Å². The number of carbonyl (C=O) groups is 1. The third-order valence-electron chi connectivity index (χ3n) is 5.53. The van der Waals surface area contributed by atoms with Crippen molar-refractivity contribution < 1.29 is 22.7 Å². The van der Waals surface area contributed by atoms with Gasteiger partial charge in [-0.2, -0.15) is 23.5 Å². The minimum Gasteiger partial charge on any atom is -0.378 e. The molecule has 0 atom stereocenters. The lowest BCUT2D eigenvalue weighted by atomic mass is 10.1. The summed E-state index contributed by atoms with van der Waals surface area (Å²) < 4.78 is 48.0. The van der Waals surface area contributed by atoms with E-state index in [9.17, 15) is 18.0 Å². The van der Waals surface area contributed by atoms with Gasteiger partial charge in [-0.3, -0.25) is 9.48 Å². The molecule has 172 valence electrons. The Morgan fingerprint density at radius 3 is 2.66 bits per heavy atom. The summed E-state index contributed by atoms with van der Waals surface area (Å²) in [6.07, 6.45) is -3.90. The summed E-state index contributed by atoms with van der Waals surface area (Å²) in [6, 6.07) is 6.04. The van der Waals surface area contributed by atoms with Crippen molar-refractivity contribution in [3.05, 3.63) is 40.7 Å². The number of aryl methyl sites for hydroxylation is 2. The van der Waals surface area contributed by atoms with E-state index in [1.54, 1.807) is 10.7 Å². The number of rotatable bonds is 7. The van der Waals surface area contributed by atoms with Gasteiger partial charge in [0.05, 0.1) is 49.2 Å². The Kier molecular flexibility index (Phi) is 7.40. The maximum absolute atomic E-state index is 13.7. The summed E-state index contributed by atoms with van der Waals surface area (Å²) in [4.78, 5) is 14.3. The van der Waals surface area contributed by atoms with Gasteiger partial charge in [0, 0.05) is 30.9 Å². The summed E-state index contributed by atoms with van der Waals surface area (Å²) in [5, 5.41) is 15.6. The predicted octanol–water partition coefficient (Wildman–Crippen LogP) is 3.84. The van der Waals surface area contributed by atoms with Crippen molar-refractivity contribution in [3.8, 4) is 6.07 Å². The van der Waals surface area contributed by atoms with Crippen LogP contribution in [0.15, 0.2) is 18.2 Å². The molecule has 1 aromatic carbocycles. The molecular weight excluding hydrogens is 423 g/mol. The molecule has 0 aliphatic carbocycles. The number of ether oxygens (including phenoxy) is 1. The second-order valence-corrected chi connectivity index (χ2v) is 7.66. The van der Waals surface area contributed by atoms with Crippen LogP contribution in [-0.4, -0.2) is 42.0 Å². The number of carbonyl (C=O) groups excluding carboxylic acids is 1. The molecule has 1 N–H and O–H groups in total. The van der Waals surface area contributed by atoms with Gasteiger partial charge < -0.3 is 15.0 Å². The zero-order valence-corrected chi connectivity index (χ0v) is 18.1. The molecule has 2 heterocycles. The van der Waals surface area contributed by atoms with E-state index < -0.39 is 17.6 Å². The van der Waals surface area contributed by atoms with Crippen LogP contribution in [0.25, 0.3) is 0 Å². The van der Waals surface area contributed by atoms with E-state index in [2.05, 4.69) is 16.5 Å². The number of halogens is 3. The first-order valence-electron chi connectivity index (χ1n) is 10.4. The Hall–Kier alpha value is -3.06. The molecule has 3 rings (SSSR count). The van der Waals surface area contributed by atoms with Gasteiger partial charge in [0.15, 0.2) is 0 Å². The third kappa shape index (κ3) is 5.59.